The van der Waals surface area contributed by atoms with Gasteiger partial charge >= 0.3 is 0 Å². The molecular formula is C54H31N3O2. The van der Waals surface area contributed by atoms with Gasteiger partial charge in [-0.15, -0.1) is 0 Å². The van der Waals surface area contributed by atoms with E-state index in [9.17, 15) is 4.79 Å². The van der Waals surface area contributed by atoms with Crippen molar-refractivity contribution < 1.29 is 4.42 Å². The normalized spacial score (nSPS) is 12.1. The first-order valence-corrected chi connectivity index (χ1v) is 19.9. The zero-order chi connectivity index (χ0) is 38.8. The lowest BCUT2D eigenvalue weighted by Crippen LogP contribution is -2.05. The molecule has 8 aromatic carbocycles. The SMILES string of the molecule is O=c1c2ccccc2oc2cc3c(cc12)-c1ccc(-n2c4ccccc4c4ccccc42)cc1-c1cc(-n2c4ccccc4c4ccccc42)ccc1-c1cccnc1-3. The van der Waals surface area contributed by atoms with Crippen LogP contribution in [-0.2, 0) is 0 Å². The number of benzene rings is 8. The number of nitrogens with zero attached hydrogens (tertiary/aromatic N) is 3. The van der Waals surface area contributed by atoms with E-state index in [4.69, 9.17) is 9.40 Å². The van der Waals surface area contributed by atoms with E-state index in [0.717, 1.165) is 78.1 Å². The summed E-state index contributed by atoms with van der Waals surface area (Å²) < 4.78 is 11.2. The van der Waals surface area contributed by atoms with E-state index in [-0.39, 0.29) is 5.43 Å². The summed E-state index contributed by atoms with van der Waals surface area (Å²) in [6, 6.07) is 63.8. The van der Waals surface area contributed by atoms with E-state index < -0.39 is 0 Å². The van der Waals surface area contributed by atoms with Gasteiger partial charge in [-0.2, -0.15) is 0 Å². The van der Waals surface area contributed by atoms with Gasteiger partial charge in [0.15, 0.2) is 0 Å². The van der Waals surface area contributed by atoms with Crippen molar-refractivity contribution in [2.45, 2.75) is 0 Å². The standard InChI is InChI=1S/C54H31N3O2/c58-54-41-16-5-10-22-51(41)59-52-31-45-44(30-46(52)54)35-26-24-33(57-49-20-8-3-14-38(49)39-15-4-9-21-50(39)57)29-43(35)42-28-32(23-25-34(42)40-17-11-27-55-53(40)45)56-47-18-6-1-12-36(47)37-13-2-7-19-48(37)56/h1-31H. The van der Waals surface area contributed by atoms with Crippen LogP contribution >= 0.6 is 0 Å². The van der Waals surface area contributed by atoms with Crippen molar-refractivity contribution in [2.24, 2.45) is 0 Å². The zero-order valence-electron chi connectivity index (χ0n) is 31.6. The molecule has 1 aliphatic carbocycles. The monoisotopic (exact) mass is 753 g/mol. The number of rotatable bonds is 2. The summed E-state index contributed by atoms with van der Waals surface area (Å²) in [4.78, 5) is 19.3. The Morgan fingerprint density at radius 3 is 1.39 bits per heavy atom. The highest BCUT2D eigenvalue weighted by atomic mass is 16.3. The van der Waals surface area contributed by atoms with Gasteiger partial charge in [0, 0.05) is 50.2 Å². The van der Waals surface area contributed by atoms with Crippen LogP contribution in [-0.4, -0.2) is 14.1 Å². The fourth-order valence-electron chi connectivity index (χ4n) is 9.76. The molecule has 0 bridgehead atoms. The molecule has 0 fully saturated rings. The minimum Gasteiger partial charge on any atom is -0.456 e. The molecule has 0 saturated carbocycles. The molecule has 59 heavy (non-hydrogen) atoms. The predicted molar refractivity (Wildman–Crippen MR) is 242 cm³/mol. The molecule has 0 atom stereocenters. The van der Waals surface area contributed by atoms with Gasteiger partial charge in [0.25, 0.3) is 0 Å². The summed E-state index contributed by atoms with van der Waals surface area (Å²) in [7, 11) is 0. The quantitative estimate of drug-likeness (QED) is 0.165. The molecule has 1 aliphatic rings. The largest absolute Gasteiger partial charge is 0.456 e. The molecule has 13 rings (SSSR count). The first-order valence-electron chi connectivity index (χ1n) is 19.9. The van der Waals surface area contributed by atoms with Crippen LogP contribution < -0.4 is 5.43 Å². The molecule has 5 heteroatoms. The molecular weight excluding hydrogens is 723 g/mol. The summed E-state index contributed by atoms with van der Waals surface area (Å²) in [6.45, 7) is 0. The second-order valence-corrected chi connectivity index (χ2v) is 15.4. The van der Waals surface area contributed by atoms with Gasteiger partial charge in [-0.25, -0.2) is 0 Å². The third-order valence-electron chi connectivity index (χ3n) is 12.3. The van der Waals surface area contributed by atoms with Crippen LogP contribution in [0.15, 0.2) is 197 Å². The first kappa shape index (κ1) is 32.1. The van der Waals surface area contributed by atoms with E-state index in [1.165, 1.54) is 21.5 Å². The lowest BCUT2D eigenvalue weighted by atomic mass is 9.82. The highest BCUT2D eigenvalue weighted by Crippen LogP contribution is 2.50. The predicted octanol–water partition coefficient (Wildman–Crippen LogP) is 13.5. The van der Waals surface area contributed by atoms with Crippen LogP contribution in [0.1, 0.15) is 0 Å². The van der Waals surface area contributed by atoms with E-state index in [1.54, 1.807) is 0 Å². The maximum absolute atomic E-state index is 14.3. The molecule has 0 unspecified atom stereocenters. The van der Waals surface area contributed by atoms with Crippen LogP contribution in [0.4, 0.5) is 0 Å². The van der Waals surface area contributed by atoms with Gasteiger partial charge in [0.1, 0.15) is 11.2 Å². The fourth-order valence-corrected chi connectivity index (χ4v) is 9.76. The molecule has 0 radical (unpaired) electrons. The fraction of sp³-hybridized carbons (Fsp3) is 0. The Hall–Kier alpha value is -8.02. The second kappa shape index (κ2) is 12.0. The van der Waals surface area contributed by atoms with Gasteiger partial charge in [-0.05, 0) is 107 Å². The summed E-state index contributed by atoms with van der Waals surface area (Å²) in [5, 5.41) is 5.94. The lowest BCUT2D eigenvalue weighted by Gasteiger charge is -2.24. The average molecular weight is 754 g/mol. The van der Waals surface area contributed by atoms with Crippen LogP contribution in [0.25, 0.3) is 122 Å². The second-order valence-electron chi connectivity index (χ2n) is 15.4. The molecule has 12 aromatic rings. The van der Waals surface area contributed by atoms with Crippen molar-refractivity contribution in [1.29, 1.82) is 0 Å². The number of fused-ring (bicyclic) bond motifs is 16. The molecule has 4 aromatic heterocycles. The van der Waals surface area contributed by atoms with Gasteiger partial charge in [0.2, 0.25) is 5.43 Å². The van der Waals surface area contributed by atoms with Crippen molar-refractivity contribution in [2.75, 3.05) is 0 Å². The summed E-state index contributed by atoms with van der Waals surface area (Å²) in [5.41, 5.74) is 15.6. The Morgan fingerprint density at radius 1 is 0.356 bits per heavy atom. The van der Waals surface area contributed by atoms with Crippen molar-refractivity contribution in [1.82, 2.24) is 14.1 Å². The molecule has 4 heterocycles. The topological polar surface area (TPSA) is 53.0 Å². The van der Waals surface area contributed by atoms with E-state index >= 15 is 0 Å². The Labute approximate surface area is 337 Å². The Bertz CT molecular complexity index is 3720. The van der Waals surface area contributed by atoms with E-state index in [0.29, 0.717) is 21.9 Å². The number of hydrogen-bond donors (Lipinski definition) is 0. The molecule has 0 amide bonds. The zero-order valence-corrected chi connectivity index (χ0v) is 31.6. The molecule has 0 aliphatic heterocycles. The lowest BCUT2D eigenvalue weighted by molar-refractivity contribution is 0.660. The van der Waals surface area contributed by atoms with Crippen molar-refractivity contribution in [3.63, 3.8) is 0 Å². The average Bonchev–Trinajstić information content (AvgIpc) is 3.81. The van der Waals surface area contributed by atoms with Gasteiger partial charge in [-0.1, -0.05) is 103 Å². The number of pyridine rings is 1. The maximum Gasteiger partial charge on any atom is 0.200 e. The number of aromatic nitrogens is 3. The highest BCUT2D eigenvalue weighted by molar-refractivity contribution is 6.12. The maximum atomic E-state index is 14.3. The number of hydrogen-bond acceptors (Lipinski definition) is 3. The molecule has 274 valence electrons. The van der Waals surface area contributed by atoms with Crippen LogP contribution in [0.5, 0.6) is 0 Å². The van der Waals surface area contributed by atoms with Crippen LogP contribution in [0.2, 0.25) is 0 Å². The van der Waals surface area contributed by atoms with E-state index in [2.05, 4.69) is 149 Å². The summed E-state index contributed by atoms with van der Waals surface area (Å²) >= 11 is 0. The van der Waals surface area contributed by atoms with Crippen LogP contribution in [0, 0.1) is 0 Å². The third-order valence-corrected chi connectivity index (χ3v) is 12.3. The summed E-state index contributed by atoms with van der Waals surface area (Å²) in [6.07, 6.45) is 1.85. The molecule has 5 nitrogen and oxygen atoms in total. The third kappa shape index (κ3) is 4.50. The Kier molecular flexibility index (Phi) is 6.53. The Morgan fingerprint density at radius 2 is 0.831 bits per heavy atom. The van der Waals surface area contributed by atoms with Crippen LogP contribution in [0.3, 0.4) is 0 Å². The van der Waals surface area contributed by atoms with E-state index in [1.807, 2.05) is 48.7 Å². The Balaban J connectivity index is 1.17. The van der Waals surface area contributed by atoms with Crippen molar-refractivity contribution in [3.05, 3.63) is 198 Å². The molecule has 0 spiro atoms. The van der Waals surface area contributed by atoms with Gasteiger partial charge < -0.3 is 13.6 Å². The number of para-hydroxylation sites is 5. The minimum absolute atomic E-state index is 0.0505. The smallest absolute Gasteiger partial charge is 0.200 e. The minimum atomic E-state index is -0.0505. The van der Waals surface area contributed by atoms with Gasteiger partial charge in [0.05, 0.1) is 38.5 Å². The molecule has 0 saturated heterocycles. The van der Waals surface area contributed by atoms with Crippen molar-refractivity contribution >= 4 is 65.6 Å². The highest BCUT2D eigenvalue weighted by Gasteiger charge is 2.27. The molecule has 0 N–H and O–H groups in total. The summed E-state index contributed by atoms with van der Waals surface area (Å²) in [5.74, 6) is 0. The van der Waals surface area contributed by atoms with Gasteiger partial charge in [-0.3, -0.25) is 9.78 Å². The van der Waals surface area contributed by atoms with Crippen molar-refractivity contribution in [3.8, 4) is 56.0 Å². The first-order chi connectivity index (χ1) is 29.2.